The van der Waals surface area contributed by atoms with E-state index in [1.54, 1.807) is 7.05 Å². The van der Waals surface area contributed by atoms with Crippen LogP contribution in [0.25, 0.3) is 0 Å². The maximum Gasteiger partial charge on any atom is 0.353 e. The zero-order chi connectivity index (χ0) is 15.2. The highest BCUT2D eigenvalue weighted by molar-refractivity contribution is 5.69. The van der Waals surface area contributed by atoms with Crippen molar-refractivity contribution in [3.8, 4) is 0 Å². The molecule has 0 aliphatic rings. The molecule has 1 atom stereocenters. The van der Waals surface area contributed by atoms with Crippen molar-refractivity contribution in [2.45, 2.75) is 19.4 Å². The molecule has 0 bridgehead atoms. The zero-order valence-corrected chi connectivity index (χ0v) is 11.9. The Kier molecular flexibility index (Phi) is 4.65. The highest BCUT2D eigenvalue weighted by Gasteiger charge is 2.24. The van der Waals surface area contributed by atoms with Crippen LogP contribution in [-0.4, -0.2) is 21.9 Å². The van der Waals surface area contributed by atoms with Crippen LogP contribution in [0.5, 0.6) is 0 Å². The molecule has 1 aromatic carbocycles. The third-order valence-corrected chi connectivity index (χ3v) is 3.16. The van der Waals surface area contributed by atoms with Crippen LogP contribution >= 0.6 is 0 Å². The van der Waals surface area contributed by atoms with Gasteiger partial charge in [-0.3, -0.25) is 10.1 Å². The molecule has 0 radical (unpaired) electrons. The van der Waals surface area contributed by atoms with E-state index < -0.39 is 4.92 Å². The fourth-order valence-electron chi connectivity index (χ4n) is 2.11. The molecule has 2 rings (SSSR count). The predicted molar refractivity (Wildman–Crippen MR) is 81.3 cm³/mol. The van der Waals surface area contributed by atoms with Crippen molar-refractivity contribution in [2.24, 2.45) is 0 Å². The fraction of sp³-hybridized carbons (Fsp3) is 0.286. The summed E-state index contributed by atoms with van der Waals surface area (Å²) in [5.74, 6) is 0.412. The second kappa shape index (κ2) is 6.65. The number of benzene rings is 1. The number of aromatic nitrogens is 2. The maximum absolute atomic E-state index is 11.3. The summed E-state index contributed by atoms with van der Waals surface area (Å²) < 4.78 is 0. The molecule has 7 heteroatoms. The van der Waals surface area contributed by atoms with Gasteiger partial charge in [0.2, 0.25) is 11.6 Å². The number of rotatable bonds is 6. The van der Waals surface area contributed by atoms with E-state index in [1.165, 1.54) is 6.33 Å². The van der Waals surface area contributed by atoms with E-state index in [-0.39, 0.29) is 23.4 Å². The summed E-state index contributed by atoms with van der Waals surface area (Å²) in [4.78, 5) is 18.7. The lowest BCUT2D eigenvalue weighted by molar-refractivity contribution is -0.383. The van der Waals surface area contributed by atoms with Crippen molar-refractivity contribution in [1.29, 1.82) is 0 Å². The molecular formula is C14H17N5O2. The first kappa shape index (κ1) is 14.7. The molecular weight excluding hydrogens is 270 g/mol. The number of nitro groups is 1. The van der Waals surface area contributed by atoms with Crippen LogP contribution in [0, 0.1) is 10.1 Å². The molecule has 0 fully saturated rings. The second-order valence-corrected chi connectivity index (χ2v) is 4.44. The highest BCUT2D eigenvalue weighted by atomic mass is 16.6. The van der Waals surface area contributed by atoms with Crippen LogP contribution < -0.4 is 10.6 Å². The summed E-state index contributed by atoms with van der Waals surface area (Å²) in [6.07, 6.45) is 2.08. The van der Waals surface area contributed by atoms with Crippen LogP contribution in [0.15, 0.2) is 36.7 Å². The van der Waals surface area contributed by atoms with E-state index in [0.29, 0.717) is 0 Å². The van der Waals surface area contributed by atoms with Crippen molar-refractivity contribution in [2.75, 3.05) is 17.7 Å². The smallest absolute Gasteiger partial charge is 0.353 e. The first-order valence-electron chi connectivity index (χ1n) is 6.66. The minimum Gasteiger partial charge on any atom is -0.367 e. The molecule has 1 unspecified atom stereocenters. The highest BCUT2D eigenvalue weighted by Crippen LogP contribution is 2.31. The van der Waals surface area contributed by atoms with Gasteiger partial charge in [0.15, 0.2) is 0 Å². The van der Waals surface area contributed by atoms with Crippen LogP contribution in [0.2, 0.25) is 0 Å². The molecule has 110 valence electrons. The molecule has 0 amide bonds. The molecule has 21 heavy (non-hydrogen) atoms. The van der Waals surface area contributed by atoms with Crippen LogP contribution in [0.1, 0.15) is 24.9 Å². The van der Waals surface area contributed by atoms with Gasteiger partial charge in [-0.25, -0.2) is 9.97 Å². The fourth-order valence-corrected chi connectivity index (χ4v) is 2.11. The predicted octanol–water partition coefficient (Wildman–Crippen LogP) is 2.99. The Hall–Kier alpha value is -2.70. The van der Waals surface area contributed by atoms with E-state index in [1.807, 2.05) is 37.3 Å². The lowest BCUT2D eigenvalue weighted by atomic mass is 10.0. The first-order chi connectivity index (χ1) is 10.2. The quantitative estimate of drug-likeness (QED) is 0.626. The van der Waals surface area contributed by atoms with E-state index in [0.717, 1.165) is 12.0 Å². The average molecular weight is 287 g/mol. The summed E-state index contributed by atoms with van der Waals surface area (Å²) >= 11 is 0. The van der Waals surface area contributed by atoms with Gasteiger partial charge in [0.25, 0.3) is 0 Å². The molecule has 0 aliphatic heterocycles. The molecule has 7 nitrogen and oxygen atoms in total. The Labute approximate surface area is 122 Å². The molecule has 0 aliphatic carbocycles. The standard InChI is InChI=1S/C14H17N5O2/c1-3-11(10-7-5-4-6-8-10)18-14-12(19(20)21)13(15-2)16-9-17-14/h4-9,11H,3H2,1-2H3,(H2,15,16,17,18). The Morgan fingerprint density at radius 1 is 1.24 bits per heavy atom. The summed E-state index contributed by atoms with van der Waals surface area (Å²) in [6, 6.07) is 9.72. The Balaban J connectivity index is 2.36. The van der Waals surface area contributed by atoms with Crippen LogP contribution in [0.3, 0.4) is 0 Å². The van der Waals surface area contributed by atoms with Crippen molar-refractivity contribution >= 4 is 17.3 Å². The van der Waals surface area contributed by atoms with Gasteiger partial charge in [-0.2, -0.15) is 0 Å². The SMILES string of the molecule is CCC(Nc1ncnc(NC)c1[N+](=O)[O-])c1ccccc1. The van der Waals surface area contributed by atoms with Crippen LogP contribution in [-0.2, 0) is 0 Å². The van der Waals surface area contributed by atoms with Gasteiger partial charge >= 0.3 is 5.69 Å². The van der Waals surface area contributed by atoms with Crippen LogP contribution in [0.4, 0.5) is 17.3 Å². The van der Waals surface area contributed by atoms with Gasteiger partial charge in [0.05, 0.1) is 11.0 Å². The molecule has 2 aromatic rings. The summed E-state index contributed by atoms with van der Waals surface area (Å²) in [5.41, 5.74) is 0.910. The number of nitrogens with one attached hydrogen (secondary N) is 2. The van der Waals surface area contributed by atoms with Gasteiger partial charge in [0.1, 0.15) is 6.33 Å². The van der Waals surface area contributed by atoms with Gasteiger partial charge < -0.3 is 10.6 Å². The maximum atomic E-state index is 11.3. The number of hydrogen-bond donors (Lipinski definition) is 2. The normalized spacial score (nSPS) is 11.7. The summed E-state index contributed by atoms with van der Waals surface area (Å²) in [6.45, 7) is 2.01. The lowest BCUT2D eigenvalue weighted by Crippen LogP contribution is -2.13. The lowest BCUT2D eigenvalue weighted by Gasteiger charge is -2.18. The molecule has 0 spiro atoms. The minimum atomic E-state index is -0.480. The molecule has 1 heterocycles. The van der Waals surface area contributed by atoms with Gasteiger partial charge in [-0.05, 0) is 12.0 Å². The Morgan fingerprint density at radius 3 is 2.48 bits per heavy atom. The summed E-state index contributed by atoms with van der Waals surface area (Å²) in [5, 5.41) is 17.1. The minimum absolute atomic E-state index is 0.0514. The third-order valence-electron chi connectivity index (χ3n) is 3.16. The number of hydrogen-bond acceptors (Lipinski definition) is 6. The van der Waals surface area contributed by atoms with E-state index in [4.69, 9.17) is 0 Å². The monoisotopic (exact) mass is 287 g/mol. The Morgan fingerprint density at radius 2 is 1.90 bits per heavy atom. The van der Waals surface area contributed by atoms with E-state index >= 15 is 0 Å². The van der Waals surface area contributed by atoms with E-state index in [2.05, 4.69) is 20.6 Å². The first-order valence-corrected chi connectivity index (χ1v) is 6.66. The van der Waals surface area contributed by atoms with Gasteiger partial charge in [0, 0.05) is 7.05 Å². The van der Waals surface area contributed by atoms with Crippen molar-refractivity contribution < 1.29 is 4.92 Å². The zero-order valence-electron chi connectivity index (χ0n) is 11.9. The van der Waals surface area contributed by atoms with Gasteiger partial charge in [-0.15, -0.1) is 0 Å². The van der Waals surface area contributed by atoms with Crippen molar-refractivity contribution in [1.82, 2.24) is 9.97 Å². The third kappa shape index (κ3) is 3.25. The van der Waals surface area contributed by atoms with E-state index in [9.17, 15) is 10.1 Å². The number of nitrogens with zero attached hydrogens (tertiary/aromatic N) is 3. The largest absolute Gasteiger partial charge is 0.367 e. The molecule has 0 saturated carbocycles. The van der Waals surface area contributed by atoms with Crippen molar-refractivity contribution in [3.05, 3.63) is 52.3 Å². The second-order valence-electron chi connectivity index (χ2n) is 4.44. The summed E-state index contributed by atoms with van der Waals surface area (Å²) in [7, 11) is 1.59. The van der Waals surface area contributed by atoms with Gasteiger partial charge in [-0.1, -0.05) is 37.3 Å². The molecule has 2 N–H and O–H groups in total. The average Bonchev–Trinajstić information content (AvgIpc) is 2.52. The molecule has 0 saturated heterocycles. The Bertz CT molecular complexity index is 618. The molecule has 1 aromatic heterocycles. The number of anilines is 2. The topological polar surface area (TPSA) is 93.0 Å². The van der Waals surface area contributed by atoms with Crippen molar-refractivity contribution in [3.63, 3.8) is 0 Å².